The third-order valence-corrected chi connectivity index (χ3v) is 4.70. The number of para-hydroxylation sites is 1. The quantitative estimate of drug-likeness (QED) is 0.940. The van der Waals surface area contributed by atoms with E-state index in [1.165, 1.54) is 12.8 Å². The molecule has 1 aliphatic carbocycles. The molecule has 2 fully saturated rings. The van der Waals surface area contributed by atoms with Crippen LogP contribution in [-0.2, 0) is 0 Å². The smallest absolute Gasteiger partial charge is 0.127 e. The Morgan fingerprint density at radius 3 is 2.77 bits per heavy atom. The SMILES string of the molecule is Cl.c1cncc(-c2ccccc2O[C@H]2C[C@@H]3CNC[C@H]2C3)c1. The largest absolute Gasteiger partial charge is 0.489 e. The summed E-state index contributed by atoms with van der Waals surface area (Å²) in [6.45, 7) is 2.25. The summed E-state index contributed by atoms with van der Waals surface area (Å²) in [6.07, 6.45) is 6.55. The Balaban J connectivity index is 0.00000144. The number of halogens is 1. The van der Waals surface area contributed by atoms with Crippen LogP contribution in [0.25, 0.3) is 11.1 Å². The maximum atomic E-state index is 6.41. The Morgan fingerprint density at radius 1 is 1.05 bits per heavy atom. The van der Waals surface area contributed by atoms with Crippen molar-refractivity contribution in [2.45, 2.75) is 18.9 Å². The molecule has 0 amide bonds. The zero-order valence-electron chi connectivity index (χ0n) is 12.4. The van der Waals surface area contributed by atoms with E-state index in [2.05, 4.69) is 40.6 Å². The van der Waals surface area contributed by atoms with E-state index in [0.717, 1.165) is 35.9 Å². The highest BCUT2D eigenvalue weighted by molar-refractivity contribution is 5.85. The van der Waals surface area contributed by atoms with Gasteiger partial charge in [-0.25, -0.2) is 0 Å². The zero-order chi connectivity index (χ0) is 14.1. The first-order valence-electron chi connectivity index (χ1n) is 7.77. The lowest BCUT2D eigenvalue weighted by molar-refractivity contribution is 0.161. The van der Waals surface area contributed by atoms with Gasteiger partial charge in [-0.05, 0) is 37.4 Å². The van der Waals surface area contributed by atoms with Gasteiger partial charge in [-0.3, -0.25) is 4.98 Å². The monoisotopic (exact) mass is 316 g/mol. The fourth-order valence-corrected chi connectivity index (χ4v) is 3.69. The van der Waals surface area contributed by atoms with Crippen LogP contribution in [-0.4, -0.2) is 24.2 Å². The number of ether oxygens (including phenoxy) is 1. The van der Waals surface area contributed by atoms with Crippen molar-refractivity contribution in [1.82, 2.24) is 10.3 Å². The molecule has 3 atom stereocenters. The van der Waals surface area contributed by atoms with Gasteiger partial charge in [0.15, 0.2) is 0 Å². The van der Waals surface area contributed by atoms with Crippen molar-refractivity contribution in [1.29, 1.82) is 0 Å². The highest BCUT2D eigenvalue weighted by Crippen LogP contribution is 2.38. The minimum absolute atomic E-state index is 0. The van der Waals surface area contributed by atoms with Gasteiger partial charge in [0.05, 0.1) is 0 Å². The molecule has 2 bridgehead atoms. The molecule has 0 unspecified atom stereocenters. The van der Waals surface area contributed by atoms with Gasteiger partial charge >= 0.3 is 0 Å². The van der Waals surface area contributed by atoms with E-state index >= 15 is 0 Å². The Labute approximate surface area is 137 Å². The number of hydrogen-bond donors (Lipinski definition) is 1. The second-order valence-electron chi connectivity index (χ2n) is 6.15. The summed E-state index contributed by atoms with van der Waals surface area (Å²) in [5.74, 6) is 2.44. The molecule has 4 heteroatoms. The molecule has 1 aliphatic heterocycles. The van der Waals surface area contributed by atoms with Gasteiger partial charge in [0.25, 0.3) is 0 Å². The van der Waals surface area contributed by atoms with Crippen LogP contribution >= 0.6 is 12.4 Å². The predicted octanol–water partition coefficient (Wildman–Crippen LogP) is 3.55. The van der Waals surface area contributed by atoms with Crippen LogP contribution in [0.15, 0.2) is 48.8 Å². The normalized spacial score (nSPS) is 26.3. The summed E-state index contributed by atoms with van der Waals surface area (Å²) in [4.78, 5) is 4.22. The number of rotatable bonds is 3. The number of aromatic nitrogens is 1. The summed E-state index contributed by atoms with van der Waals surface area (Å²) in [6, 6.07) is 12.4. The molecule has 2 aliphatic rings. The minimum Gasteiger partial charge on any atom is -0.489 e. The van der Waals surface area contributed by atoms with Crippen LogP contribution in [0.4, 0.5) is 0 Å². The number of nitrogens with zero attached hydrogens (tertiary/aromatic N) is 1. The lowest BCUT2D eigenvalue weighted by atomic mass is 10.0. The van der Waals surface area contributed by atoms with Crippen LogP contribution in [0.5, 0.6) is 5.75 Å². The fraction of sp³-hybridized carbons (Fsp3) is 0.389. The molecule has 3 nitrogen and oxygen atoms in total. The number of fused-ring (bicyclic) bond motifs is 2. The van der Waals surface area contributed by atoms with Gasteiger partial charge in [0.1, 0.15) is 11.9 Å². The van der Waals surface area contributed by atoms with E-state index in [1.807, 2.05) is 12.3 Å². The van der Waals surface area contributed by atoms with Gasteiger partial charge < -0.3 is 10.1 Å². The molecule has 1 saturated carbocycles. The second kappa shape index (κ2) is 6.67. The Bertz CT molecular complexity index is 619. The molecule has 4 rings (SSSR count). The fourth-order valence-electron chi connectivity index (χ4n) is 3.69. The molecular weight excluding hydrogens is 296 g/mol. The summed E-state index contributed by atoms with van der Waals surface area (Å²) in [5.41, 5.74) is 2.26. The van der Waals surface area contributed by atoms with E-state index in [9.17, 15) is 0 Å². The van der Waals surface area contributed by atoms with Gasteiger partial charge in [-0.2, -0.15) is 0 Å². The third-order valence-electron chi connectivity index (χ3n) is 4.70. The van der Waals surface area contributed by atoms with Crippen molar-refractivity contribution in [2.75, 3.05) is 13.1 Å². The first-order valence-corrected chi connectivity index (χ1v) is 7.77. The van der Waals surface area contributed by atoms with E-state index < -0.39 is 0 Å². The van der Waals surface area contributed by atoms with Crippen molar-refractivity contribution in [3.63, 3.8) is 0 Å². The summed E-state index contributed by atoms with van der Waals surface area (Å²) in [5, 5.41) is 3.52. The van der Waals surface area contributed by atoms with Gasteiger partial charge in [0.2, 0.25) is 0 Å². The third kappa shape index (κ3) is 2.96. The Hall–Kier alpha value is -1.58. The van der Waals surface area contributed by atoms with Crippen molar-refractivity contribution < 1.29 is 4.74 Å². The molecule has 116 valence electrons. The number of piperidine rings is 1. The maximum absolute atomic E-state index is 6.41. The van der Waals surface area contributed by atoms with E-state index in [4.69, 9.17) is 4.74 Å². The van der Waals surface area contributed by atoms with Crippen LogP contribution < -0.4 is 10.1 Å². The number of pyridine rings is 1. The summed E-state index contributed by atoms with van der Waals surface area (Å²) in [7, 11) is 0. The van der Waals surface area contributed by atoms with Crippen molar-refractivity contribution in [2.24, 2.45) is 11.8 Å². The van der Waals surface area contributed by atoms with Crippen molar-refractivity contribution in [3.8, 4) is 16.9 Å². The standard InChI is InChI=1S/C18H20N2O.ClH/c1-2-6-17(16(5-1)14-4-3-7-19-11-14)21-18-9-13-8-15(18)12-20-10-13;/h1-7,11,13,15,18,20H,8-10,12H2;1H/t13-,15-,18+;/m1./s1. The lowest BCUT2D eigenvalue weighted by Gasteiger charge is -2.23. The first-order chi connectivity index (χ1) is 10.4. The minimum atomic E-state index is 0. The van der Waals surface area contributed by atoms with E-state index in [1.54, 1.807) is 6.20 Å². The van der Waals surface area contributed by atoms with Crippen LogP contribution in [0.2, 0.25) is 0 Å². The molecule has 1 N–H and O–H groups in total. The topological polar surface area (TPSA) is 34.1 Å². The maximum Gasteiger partial charge on any atom is 0.127 e. The van der Waals surface area contributed by atoms with E-state index in [0.29, 0.717) is 12.0 Å². The molecule has 22 heavy (non-hydrogen) atoms. The van der Waals surface area contributed by atoms with Crippen LogP contribution in [0.3, 0.4) is 0 Å². The summed E-state index contributed by atoms with van der Waals surface area (Å²) < 4.78 is 6.41. The van der Waals surface area contributed by atoms with Crippen molar-refractivity contribution in [3.05, 3.63) is 48.8 Å². The Morgan fingerprint density at radius 2 is 1.95 bits per heavy atom. The van der Waals surface area contributed by atoms with E-state index in [-0.39, 0.29) is 12.4 Å². The highest BCUT2D eigenvalue weighted by atomic mass is 35.5. The molecule has 0 radical (unpaired) electrons. The molecule has 1 aromatic carbocycles. The summed E-state index contributed by atoms with van der Waals surface area (Å²) >= 11 is 0. The highest BCUT2D eigenvalue weighted by Gasteiger charge is 2.38. The second-order valence-corrected chi connectivity index (χ2v) is 6.15. The lowest BCUT2D eigenvalue weighted by Crippen LogP contribution is -2.34. The molecule has 1 aromatic heterocycles. The predicted molar refractivity (Wildman–Crippen MR) is 90.4 cm³/mol. The molecule has 2 heterocycles. The number of nitrogens with one attached hydrogen (secondary N) is 1. The molecule has 2 aromatic rings. The zero-order valence-corrected chi connectivity index (χ0v) is 13.3. The Kier molecular flexibility index (Phi) is 4.65. The number of hydrogen-bond acceptors (Lipinski definition) is 3. The average Bonchev–Trinajstić information content (AvgIpc) is 2.82. The van der Waals surface area contributed by atoms with Crippen molar-refractivity contribution >= 4 is 12.4 Å². The molecule has 1 saturated heterocycles. The first kappa shape index (κ1) is 15.3. The van der Waals surface area contributed by atoms with Crippen LogP contribution in [0.1, 0.15) is 12.8 Å². The number of benzene rings is 1. The van der Waals surface area contributed by atoms with Gasteiger partial charge in [-0.1, -0.05) is 24.3 Å². The molecule has 0 spiro atoms. The molecular formula is C18H21ClN2O. The van der Waals surface area contributed by atoms with Crippen LogP contribution in [0, 0.1) is 11.8 Å². The van der Waals surface area contributed by atoms with Gasteiger partial charge in [0, 0.05) is 36.0 Å². The average molecular weight is 317 g/mol. The van der Waals surface area contributed by atoms with Gasteiger partial charge in [-0.15, -0.1) is 12.4 Å².